The van der Waals surface area contributed by atoms with E-state index in [2.05, 4.69) is 32.9 Å². The third kappa shape index (κ3) is 3.45. The summed E-state index contributed by atoms with van der Waals surface area (Å²) in [6.45, 7) is 3.17. The number of halogens is 1. The molecule has 5 heteroatoms. The minimum atomic E-state index is 0.449. The van der Waals surface area contributed by atoms with Gasteiger partial charge in [-0.1, -0.05) is 6.92 Å². The summed E-state index contributed by atoms with van der Waals surface area (Å²) in [6.07, 6.45) is 8.84. The van der Waals surface area contributed by atoms with E-state index in [9.17, 15) is 0 Å². The van der Waals surface area contributed by atoms with Gasteiger partial charge in [-0.3, -0.25) is 9.67 Å². The maximum Gasteiger partial charge on any atom is 0.131 e. The molecule has 0 atom stereocenters. The van der Waals surface area contributed by atoms with Crippen LogP contribution in [-0.4, -0.2) is 22.5 Å². The van der Waals surface area contributed by atoms with Crippen molar-refractivity contribution in [2.24, 2.45) is 23.2 Å². The van der Waals surface area contributed by atoms with Gasteiger partial charge >= 0.3 is 0 Å². The molecule has 1 aromatic heterocycles. The first kappa shape index (κ1) is 13.3. The van der Waals surface area contributed by atoms with Crippen molar-refractivity contribution < 1.29 is 0 Å². The van der Waals surface area contributed by atoms with Crippen LogP contribution in [0.3, 0.4) is 0 Å². The third-order valence-electron chi connectivity index (χ3n) is 3.30. The second kappa shape index (κ2) is 5.26. The van der Waals surface area contributed by atoms with Gasteiger partial charge in [-0.25, -0.2) is 0 Å². The number of aromatic nitrogens is 2. The number of hydrogen-bond acceptors (Lipinski definition) is 3. The van der Waals surface area contributed by atoms with Crippen molar-refractivity contribution in [2.75, 3.05) is 6.54 Å². The average molecular weight is 311 g/mol. The number of nitrogens with two attached hydrogens (primary N) is 1. The fourth-order valence-electron chi connectivity index (χ4n) is 1.75. The second-order valence-corrected chi connectivity index (χ2v) is 6.07. The van der Waals surface area contributed by atoms with Crippen LogP contribution in [0.25, 0.3) is 0 Å². The molecule has 98 valence electrons. The summed E-state index contributed by atoms with van der Waals surface area (Å²) in [5.41, 5.74) is 8.24. The van der Waals surface area contributed by atoms with Crippen molar-refractivity contribution in [3.8, 4) is 0 Å². The van der Waals surface area contributed by atoms with Crippen molar-refractivity contribution in [1.82, 2.24) is 9.78 Å². The van der Waals surface area contributed by atoms with Crippen LogP contribution in [0.2, 0.25) is 0 Å². The van der Waals surface area contributed by atoms with E-state index in [0.29, 0.717) is 5.41 Å². The van der Waals surface area contributed by atoms with Crippen molar-refractivity contribution >= 4 is 22.1 Å². The molecule has 2 rings (SSSR count). The Morgan fingerprint density at radius 1 is 1.67 bits per heavy atom. The smallest absolute Gasteiger partial charge is 0.131 e. The Morgan fingerprint density at radius 2 is 2.39 bits per heavy atom. The molecule has 0 bridgehead atoms. The van der Waals surface area contributed by atoms with Crippen molar-refractivity contribution in [2.45, 2.75) is 26.2 Å². The van der Waals surface area contributed by atoms with Gasteiger partial charge in [0.25, 0.3) is 0 Å². The van der Waals surface area contributed by atoms with Crippen molar-refractivity contribution in [1.29, 1.82) is 0 Å². The normalized spacial score (nSPS) is 18.5. The molecule has 0 spiro atoms. The number of allylic oxidation sites excluding steroid dienone is 1. The van der Waals surface area contributed by atoms with Crippen LogP contribution in [0.5, 0.6) is 0 Å². The summed E-state index contributed by atoms with van der Waals surface area (Å²) in [7, 11) is 1.90. The lowest BCUT2D eigenvalue weighted by Gasteiger charge is -2.03. The zero-order valence-corrected chi connectivity index (χ0v) is 12.4. The van der Waals surface area contributed by atoms with E-state index in [1.54, 1.807) is 10.9 Å². The number of aryl methyl sites for hydroxylation is 1. The van der Waals surface area contributed by atoms with Gasteiger partial charge in [-0.15, -0.1) is 0 Å². The molecule has 2 N–H and O–H groups in total. The molecule has 1 heterocycles. The van der Waals surface area contributed by atoms with Gasteiger partial charge in [-0.2, -0.15) is 5.10 Å². The molecule has 4 nitrogen and oxygen atoms in total. The van der Waals surface area contributed by atoms with Crippen LogP contribution < -0.4 is 5.73 Å². The Kier molecular flexibility index (Phi) is 3.90. The maximum atomic E-state index is 5.65. The highest BCUT2D eigenvalue weighted by molar-refractivity contribution is 9.10. The van der Waals surface area contributed by atoms with Crippen LogP contribution >= 0.6 is 15.9 Å². The van der Waals surface area contributed by atoms with E-state index >= 15 is 0 Å². The van der Waals surface area contributed by atoms with Gasteiger partial charge in [0.05, 0.1) is 0 Å². The second-order valence-electron chi connectivity index (χ2n) is 5.32. The number of nitrogens with zero attached hydrogens (tertiary/aromatic N) is 3. The van der Waals surface area contributed by atoms with E-state index in [1.807, 2.05) is 19.5 Å². The quantitative estimate of drug-likeness (QED) is 0.849. The van der Waals surface area contributed by atoms with Gasteiger partial charge in [-0.05, 0) is 46.0 Å². The standard InChI is InChI=1S/C13H19BrN4/c1-13(3-4-13)9-16-7-10(6-15)5-11-8-18(2)17-12(11)14/h6-8H,3-5,9,15H2,1-2H3. The first-order chi connectivity index (χ1) is 8.52. The Labute approximate surface area is 116 Å². The molecular formula is C13H19BrN4. The zero-order chi connectivity index (χ0) is 13.2. The van der Waals surface area contributed by atoms with Crippen LogP contribution in [0, 0.1) is 5.41 Å². The first-order valence-electron chi connectivity index (χ1n) is 6.11. The van der Waals surface area contributed by atoms with Crippen LogP contribution in [0.4, 0.5) is 0 Å². The number of hydrogen-bond donors (Lipinski definition) is 1. The third-order valence-corrected chi connectivity index (χ3v) is 3.96. The average Bonchev–Trinajstić information content (AvgIpc) is 2.95. The Hall–Kier alpha value is -1.10. The van der Waals surface area contributed by atoms with Crippen LogP contribution in [0.1, 0.15) is 25.3 Å². The van der Waals surface area contributed by atoms with Gasteiger partial charge in [0, 0.05) is 38.0 Å². The monoisotopic (exact) mass is 310 g/mol. The zero-order valence-electron chi connectivity index (χ0n) is 10.9. The lowest BCUT2D eigenvalue weighted by atomic mass is 10.1. The summed E-state index contributed by atoms with van der Waals surface area (Å²) in [5.74, 6) is 0. The summed E-state index contributed by atoms with van der Waals surface area (Å²) < 4.78 is 2.66. The van der Waals surface area contributed by atoms with Crippen molar-refractivity contribution in [3.63, 3.8) is 0 Å². The highest BCUT2D eigenvalue weighted by Gasteiger charge is 2.36. The summed E-state index contributed by atoms with van der Waals surface area (Å²) in [6, 6.07) is 0. The van der Waals surface area contributed by atoms with E-state index < -0.39 is 0 Å². The Bertz CT molecular complexity index is 483. The summed E-state index contributed by atoms with van der Waals surface area (Å²) in [5, 5.41) is 4.25. The van der Waals surface area contributed by atoms with E-state index in [-0.39, 0.29) is 0 Å². The van der Waals surface area contributed by atoms with E-state index in [0.717, 1.165) is 28.7 Å². The summed E-state index contributed by atoms with van der Waals surface area (Å²) in [4.78, 5) is 4.49. The molecular weight excluding hydrogens is 292 g/mol. The first-order valence-corrected chi connectivity index (χ1v) is 6.90. The topological polar surface area (TPSA) is 56.2 Å². The van der Waals surface area contributed by atoms with Crippen LogP contribution in [0.15, 0.2) is 27.6 Å². The molecule has 1 aromatic rings. The van der Waals surface area contributed by atoms with Gasteiger partial charge < -0.3 is 5.73 Å². The van der Waals surface area contributed by atoms with E-state index in [1.165, 1.54) is 12.8 Å². The molecule has 0 radical (unpaired) electrons. The molecule has 0 saturated heterocycles. The molecule has 0 amide bonds. The molecule has 0 unspecified atom stereocenters. The highest BCUT2D eigenvalue weighted by atomic mass is 79.9. The Balaban J connectivity index is 1.95. The largest absolute Gasteiger partial charge is 0.404 e. The molecule has 1 aliphatic carbocycles. The number of aliphatic imine (C=N–C) groups is 1. The lowest BCUT2D eigenvalue weighted by Crippen LogP contribution is -2.01. The van der Waals surface area contributed by atoms with E-state index in [4.69, 9.17) is 5.73 Å². The Morgan fingerprint density at radius 3 is 2.89 bits per heavy atom. The molecule has 0 aliphatic heterocycles. The molecule has 0 aromatic carbocycles. The molecule has 1 fully saturated rings. The fraction of sp³-hybridized carbons (Fsp3) is 0.538. The highest BCUT2D eigenvalue weighted by Crippen LogP contribution is 2.44. The molecule has 18 heavy (non-hydrogen) atoms. The van der Waals surface area contributed by atoms with Gasteiger partial charge in [0.15, 0.2) is 0 Å². The van der Waals surface area contributed by atoms with Gasteiger partial charge in [0.1, 0.15) is 4.60 Å². The predicted molar refractivity (Wildman–Crippen MR) is 77.6 cm³/mol. The van der Waals surface area contributed by atoms with Crippen LogP contribution in [-0.2, 0) is 13.5 Å². The number of rotatable bonds is 5. The molecule has 1 saturated carbocycles. The predicted octanol–water partition coefficient (Wildman–Crippen LogP) is 2.44. The minimum Gasteiger partial charge on any atom is -0.404 e. The summed E-state index contributed by atoms with van der Waals surface area (Å²) >= 11 is 3.44. The lowest BCUT2D eigenvalue weighted by molar-refractivity contribution is 0.591. The van der Waals surface area contributed by atoms with Crippen molar-refractivity contribution in [3.05, 3.63) is 28.1 Å². The SMILES string of the molecule is Cn1cc(CC(C=NCC2(C)CC2)=CN)c(Br)n1. The minimum absolute atomic E-state index is 0.449. The van der Waals surface area contributed by atoms with Gasteiger partial charge in [0.2, 0.25) is 0 Å². The fourth-order valence-corrected chi connectivity index (χ4v) is 2.24. The molecule has 1 aliphatic rings. The maximum absolute atomic E-state index is 5.65.